The molecule has 0 bridgehead atoms. The number of ketones is 1. The van der Waals surface area contributed by atoms with Crippen LogP contribution in [0.2, 0.25) is 0 Å². The Morgan fingerprint density at radius 3 is 2.95 bits per heavy atom. The summed E-state index contributed by atoms with van der Waals surface area (Å²) in [6.07, 6.45) is 1.98. The third-order valence-corrected chi connectivity index (χ3v) is 4.34. The third-order valence-electron chi connectivity index (χ3n) is 3.85. The van der Waals surface area contributed by atoms with E-state index in [2.05, 4.69) is 20.9 Å². The second-order valence-corrected chi connectivity index (χ2v) is 6.09. The molecule has 4 rings (SSSR count). The van der Waals surface area contributed by atoms with Crippen molar-refractivity contribution in [3.8, 4) is 5.75 Å². The van der Waals surface area contributed by atoms with Crippen LogP contribution in [0, 0.1) is 0 Å². The maximum atomic E-state index is 12.7. The van der Waals surface area contributed by atoms with Crippen molar-refractivity contribution in [3.05, 3.63) is 64.3 Å². The number of nitrogens with one attached hydrogen (secondary N) is 1. The van der Waals surface area contributed by atoms with Crippen LogP contribution in [-0.2, 0) is 6.42 Å². The lowest BCUT2D eigenvalue weighted by Crippen LogP contribution is -2.25. The van der Waals surface area contributed by atoms with Gasteiger partial charge in [-0.1, -0.05) is 40.2 Å². The minimum atomic E-state index is -0.426. The summed E-state index contributed by atoms with van der Waals surface area (Å²) in [7, 11) is 0. The van der Waals surface area contributed by atoms with Gasteiger partial charge in [-0.3, -0.25) is 4.79 Å². The molecule has 0 fully saturated rings. The molecule has 0 aliphatic carbocycles. The standard InChI is InChI=1S/C17H12BrNO2/c18-11-5-6-12-13(9-19-14(12)8-11)17(20)16-7-10-3-1-2-4-15(10)21-16/h1-6,8-9,16,19H,7H2. The second-order valence-electron chi connectivity index (χ2n) is 5.17. The molecule has 1 N–H and O–H groups in total. The van der Waals surface area contributed by atoms with Gasteiger partial charge in [0.15, 0.2) is 6.10 Å². The van der Waals surface area contributed by atoms with Gasteiger partial charge in [-0.2, -0.15) is 0 Å². The lowest BCUT2D eigenvalue weighted by Gasteiger charge is -2.08. The summed E-state index contributed by atoms with van der Waals surface area (Å²) in [4.78, 5) is 15.9. The van der Waals surface area contributed by atoms with Crippen LogP contribution in [0.3, 0.4) is 0 Å². The molecule has 0 amide bonds. The number of aromatic amines is 1. The molecule has 0 radical (unpaired) electrons. The van der Waals surface area contributed by atoms with Crippen LogP contribution in [0.15, 0.2) is 53.1 Å². The number of hydrogen-bond donors (Lipinski definition) is 1. The zero-order chi connectivity index (χ0) is 14.4. The minimum Gasteiger partial charge on any atom is -0.482 e. The number of halogens is 1. The van der Waals surface area contributed by atoms with Gasteiger partial charge in [-0.25, -0.2) is 0 Å². The van der Waals surface area contributed by atoms with Crippen molar-refractivity contribution in [2.75, 3.05) is 0 Å². The number of ether oxygens (including phenoxy) is 1. The normalized spacial score (nSPS) is 16.7. The molecule has 0 spiro atoms. The van der Waals surface area contributed by atoms with Crippen molar-refractivity contribution in [3.63, 3.8) is 0 Å². The highest BCUT2D eigenvalue weighted by Gasteiger charge is 2.30. The Bertz CT molecular complexity index is 828. The average molecular weight is 342 g/mol. The molecule has 1 aliphatic rings. The van der Waals surface area contributed by atoms with E-state index in [4.69, 9.17) is 4.74 Å². The summed E-state index contributed by atoms with van der Waals surface area (Å²) in [6, 6.07) is 13.7. The van der Waals surface area contributed by atoms with Crippen LogP contribution in [0.5, 0.6) is 5.75 Å². The largest absolute Gasteiger partial charge is 0.482 e. The number of fused-ring (bicyclic) bond motifs is 2. The zero-order valence-corrected chi connectivity index (χ0v) is 12.7. The van der Waals surface area contributed by atoms with Crippen molar-refractivity contribution in [1.82, 2.24) is 4.98 Å². The first-order chi connectivity index (χ1) is 10.2. The van der Waals surface area contributed by atoms with Gasteiger partial charge in [0.1, 0.15) is 5.75 Å². The van der Waals surface area contributed by atoms with Gasteiger partial charge >= 0.3 is 0 Å². The van der Waals surface area contributed by atoms with E-state index >= 15 is 0 Å². The number of H-pyrrole nitrogens is 1. The summed E-state index contributed by atoms with van der Waals surface area (Å²) in [5, 5.41) is 0.933. The quantitative estimate of drug-likeness (QED) is 0.712. The Labute approximate surface area is 130 Å². The zero-order valence-electron chi connectivity index (χ0n) is 11.1. The van der Waals surface area contributed by atoms with Gasteiger partial charge in [0, 0.05) is 33.6 Å². The number of carbonyl (C=O) groups excluding carboxylic acids is 1. The highest BCUT2D eigenvalue weighted by Crippen LogP contribution is 2.31. The summed E-state index contributed by atoms with van der Waals surface area (Å²) < 4.78 is 6.78. The molecule has 104 valence electrons. The monoisotopic (exact) mass is 341 g/mol. The molecular formula is C17H12BrNO2. The lowest BCUT2D eigenvalue weighted by atomic mass is 10.0. The van der Waals surface area contributed by atoms with E-state index in [1.165, 1.54) is 0 Å². The Morgan fingerprint density at radius 2 is 2.10 bits per heavy atom. The van der Waals surface area contributed by atoms with Gasteiger partial charge in [0.05, 0.1) is 0 Å². The van der Waals surface area contributed by atoms with Crippen molar-refractivity contribution in [1.29, 1.82) is 0 Å². The molecule has 21 heavy (non-hydrogen) atoms. The number of hydrogen-bond acceptors (Lipinski definition) is 2. The van der Waals surface area contributed by atoms with Crippen molar-refractivity contribution < 1.29 is 9.53 Å². The van der Waals surface area contributed by atoms with Crippen molar-refractivity contribution >= 4 is 32.6 Å². The van der Waals surface area contributed by atoms with Gasteiger partial charge in [0.25, 0.3) is 0 Å². The number of carbonyl (C=O) groups is 1. The number of benzene rings is 2. The molecule has 1 aromatic heterocycles. The Hall–Kier alpha value is -2.07. The van der Waals surface area contributed by atoms with Crippen LogP contribution >= 0.6 is 15.9 Å². The van der Waals surface area contributed by atoms with Crippen LogP contribution in [0.25, 0.3) is 10.9 Å². The summed E-state index contributed by atoms with van der Waals surface area (Å²) >= 11 is 3.43. The topological polar surface area (TPSA) is 42.1 Å². The minimum absolute atomic E-state index is 0.0276. The first kappa shape index (κ1) is 12.7. The van der Waals surface area contributed by atoms with Crippen molar-refractivity contribution in [2.45, 2.75) is 12.5 Å². The fraction of sp³-hybridized carbons (Fsp3) is 0.118. The highest BCUT2D eigenvalue weighted by molar-refractivity contribution is 9.10. The Balaban J connectivity index is 1.69. The Morgan fingerprint density at radius 1 is 1.24 bits per heavy atom. The van der Waals surface area contributed by atoms with Crippen LogP contribution in [-0.4, -0.2) is 16.9 Å². The molecule has 1 unspecified atom stereocenters. The van der Waals surface area contributed by atoms with Crippen LogP contribution in [0.4, 0.5) is 0 Å². The smallest absolute Gasteiger partial charge is 0.205 e. The van der Waals surface area contributed by atoms with Crippen molar-refractivity contribution in [2.24, 2.45) is 0 Å². The van der Waals surface area contributed by atoms with Gasteiger partial charge in [-0.05, 0) is 23.8 Å². The summed E-state index contributed by atoms with van der Waals surface area (Å²) in [6.45, 7) is 0. The summed E-state index contributed by atoms with van der Waals surface area (Å²) in [5.41, 5.74) is 2.73. The maximum Gasteiger partial charge on any atom is 0.205 e. The van der Waals surface area contributed by atoms with Gasteiger partial charge in [0.2, 0.25) is 5.78 Å². The third kappa shape index (κ3) is 2.07. The van der Waals surface area contributed by atoms with E-state index < -0.39 is 6.10 Å². The van der Waals surface area contributed by atoms with Gasteiger partial charge in [-0.15, -0.1) is 0 Å². The van der Waals surface area contributed by atoms with Crippen LogP contribution < -0.4 is 4.74 Å². The molecule has 0 saturated carbocycles. The molecule has 0 saturated heterocycles. The van der Waals surface area contributed by atoms with E-state index in [0.717, 1.165) is 26.7 Å². The van der Waals surface area contributed by atoms with E-state index in [9.17, 15) is 4.79 Å². The molecule has 2 heterocycles. The molecule has 1 aliphatic heterocycles. The summed E-state index contributed by atoms with van der Waals surface area (Å²) in [5.74, 6) is 0.846. The average Bonchev–Trinajstić information content (AvgIpc) is 3.09. The molecule has 1 atom stereocenters. The predicted octanol–water partition coefficient (Wildman–Crippen LogP) is 4.12. The highest BCUT2D eigenvalue weighted by atomic mass is 79.9. The fourth-order valence-corrected chi connectivity index (χ4v) is 3.17. The van der Waals surface area contributed by atoms with E-state index in [-0.39, 0.29) is 5.78 Å². The number of aromatic nitrogens is 1. The van der Waals surface area contributed by atoms with E-state index in [1.807, 2.05) is 42.5 Å². The Kier molecular flexibility index (Phi) is 2.86. The molecule has 3 aromatic rings. The second kappa shape index (κ2) is 4.74. The van der Waals surface area contributed by atoms with E-state index in [1.54, 1.807) is 6.20 Å². The van der Waals surface area contributed by atoms with Crippen LogP contribution in [0.1, 0.15) is 15.9 Å². The fourth-order valence-electron chi connectivity index (χ4n) is 2.80. The maximum absolute atomic E-state index is 12.7. The van der Waals surface area contributed by atoms with E-state index in [0.29, 0.717) is 12.0 Å². The number of para-hydroxylation sites is 1. The molecule has 2 aromatic carbocycles. The molecular weight excluding hydrogens is 330 g/mol. The number of Topliss-reactive ketones (excluding diaryl/α,β-unsaturated/α-hetero) is 1. The van der Waals surface area contributed by atoms with Gasteiger partial charge < -0.3 is 9.72 Å². The first-order valence-corrected chi connectivity index (χ1v) is 7.57. The molecule has 3 nitrogen and oxygen atoms in total. The predicted molar refractivity (Wildman–Crippen MR) is 84.9 cm³/mol. The lowest BCUT2D eigenvalue weighted by molar-refractivity contribution is 0.0826. The molecule has 4 heteroatoms. The SMILES string of the molecule is O=C(c1c[nH]c2cc(Br)ccc12)C1Cc2ccccc2O1. The first-order valence-electron chi connectivity index (χ1n) is 6.78. The number of rotatable bonds is 2.